The van der Waals surface area contributed by atoms with Crippen molar-refractivity contribution in [3.05, 3.63) is 60.2 Å². The van der Waals surface area contributed by atoms with Crippen molar-refractivity contribution in [1.29, 1.82) is 0 Å². The number of thioether (sulfide) groups is 1. The zero-order valence-electron chi connectivity index (χ0n) is 14.0. The van der Waals surface area contributed by atoms with Crippen LogP contribution in [0.25, 0.3) is 0 Å². The summed E-state index contributed by atoms with van der Waals surface area (Å²) in [5, 5.41) is 2.79. The lowest BCUT2D eigenvalue weighted by atomic mass is 10.2. The first-order chi connectivity index (χ1) is 11.9. The van der Waals surface area contributed by atoms with E-state index in [1.54, 1.807) is 17.8 Å². The Labute approximate surface area is 152 Å². The van der Waals surface area contributed by atoms with Crippen molar-refractivity contribution in [3.63, 3.8) is 0 Å². The second kappa shape index (κ2) is 9.00. The van der Waals surface area contributed by atoms with Gasteiger partial charge in [0.25, 0.3) is 15.9 Å². The SMILES string of the molecule is CON(C)S(=O)(=O)c1cccc(C(=O)NCCSc2ccccc2)c1. The molecule has 0 saturated heterocycles. The predicted octanol–water partition coefficient (Wildman–Crippen LogP) is 2.39. The molecular formula is C17H20N2O4S2. The number of carbonyl (C=O) groups excluding carboxylic acids is 1. The highest BCUT2D eigenvalue weighted by molar-refractivity contribution is 7.99. The number of sulfonamides is 1. The Kier molecular flexibility index (Phi) is 7.01. The lowest BCUT2D eigenvalue weighted by Crippen LogP contribution is -2.27. The molecule has 134 valence electrons. The van der Waals surface area contributed by atoms with Crippen molar-refractivity contribution in [2.24, 2.45) is 0 Å². The molecule has 6 nitrogen and oxygen atoms in total. The largest absolute Gasteiger partial charge is 0.351 e. The zero-order chi connectivity index (χ0) is 18.3. The second-order valence-electron chi connectivity index (χ2n) is 5.04. The number of amides is 1. The van der Waals surface area contributed by atoms with E-state index in [0.717, 1.165) is 15.1 Å². The normalized spacial score (nSPS) is 11.5. The molecule has 2 rings (SSSR count). The highest BCUT2D eigenvalue weighted by atomic mass is 32.2. The van der Waals surface area contributed by atoms with Gasteiger partial charge < -0.3 is 5.32 Å². The Morgan fingerprint density at radius 3 is 2.56 bits per heavy atom. The molecule has 1 amide bonds. The van der Waals surface area contributed by atoms with Crippen molar-refractivity contribution in [1.82, 2.24) is 9.79 Å². The molecule has 0 radical (unpaired) electrons. The number of hydrogen-bond acceptors (Lipinski definition) is 5. The first-order valence-electron chi connectivity index (χ1n) is 7.54. The van der Waals surface area contributed by atoms with Crippen molar-refractivity contribution < 1.29 is 18.0 Å². The Morgan fingerprint density at radius 1 is 1.16 bits per heavy atom. The number of carbonyl (C=O) groups is 1. The molecule has 0 unspecified atom stereocenters. The number of rotatable bonds is 8. The maximum atomic E-state index is 12.2. The van der Waals surface area contributed by atoms with Crippen LogP contribution in [0.1, 0.15) is 10.4 Å². The van der Waals surface area contributed by atoms with E-state index in [1.165, 1.54) is 32.4 Å². The minimum atomic E-state index is -3.78. The third-order valence-electron chi connectivity index (χ3n) is 3.39. The van der Waals surface area contributed by atoms with E-state index in [9.17, 15) is 13.2 Å². The highest BCUT2D eigenvalue weighted by Crippen LogP contribution is 2.17. The van der Waals surface area contributed by atoms with Gasteiger partial charge in [0, 0.05) is 29.8 Å². The van der Waals surface area contributed by atoms with Crippen LogP contribution in [0.4, 0.5) is 0 Å². The van der Waals surface area contributed by atoms with E-state index in [-0.39, 0.29) is 16.4 Å². The highest BCUT2D eigenvalue weighted by Gasteiger charge is 2.21. The molecule has 0 spiro atoms. The summed E-state index contributed by atoms with van der Waals surface area (Å²) in [5.41, 5.74) is 0.287. The predicted molar refractivity (Wildman–Crippen MR) is 97.9 cm³/mol. The van der Waals surface area contributed by atoms with E-state index in [2.05, 4.69) is 5.32 Å². The van der Waals surface area contributed by atoms with Crippen LogP contribution in [0, 0.1) is 0 Å². The molecule has 2 aromatic carbocycles. The van der Waals surface area contributed by atoms with Crippen LogP contribution in [-0.2, 0) is 14.9 Å². The first-order valence-corrected chi connectivity index (χ1v) is 9.97. The standard InChI is InChI=1S/C17H20N2O4S2/c1-19(23-2)25(21,22)16-10-6-7-14(13-16)17(20)18-11-12-24-15-8-4-3-5-9-15/h3-10,13H,11-12H2,1-2H3,(H,18,20). The van der Waals surface area contributed by atoms with E-state index >= 15 is 0 Å². The smallest absolute Gasteiger partial charge is 0.264 e. The minimum absolute atomic E-state index is 0.00293. The summed E-state index contributed by atoms with van der Waals surface area (Å²) < 4.78 is 25.2. The van der Waals surface area contributed by atoms with Crippen LogP contribution < -0.4 is 5.32 Å². The van der Waals surface area contributed by atoms with Gasteiger partial charge in [-0.3, -0.25) is 9.63 Å². The second-order valence-corrected chi connectivity index (χ2v) is 8.15. The minimum Gasteiger partial charge on any atom is -0.351 e. The molecular weight excluding hydrogens is 360 g/mol. The quantitative estimate of drug-likeness (QED) is 0.432. The summed E-state index contributed by atoms with van der Waals surface area (Å²) >= 11 is 1.64. The molecule has 0 aromatic heterocycles. The van der Waals surface area contributed by atoms with Gasteiger partial charge in [-0.25, -0.2) is 8.42 Å². The average molecular weight is 380 g/mol. The van der Waals surface area contributed by atoms with Crippen molar-refractivity contribution >= 4 is 27.7 Å². The molecule has 0 heterocycles. The fraction of sp³-hybridized carbons (Fsp3) is 0.235. The Bertz CT molecular complexity index is 810. The van der Waals surface area contributed by atoms with Gasteiger partial charge in [-0.15, -0.1) is 11.8 Å². The molecule has 0 bridgehead atoms. The fourth-order valence-electron chi connectivity index (χ4n) is 2.00. The van der Waals surface area contributed by atoms with Crippen LogP contribution in [0.15, 0.2) is 64.4 Å². The fourth-order valence-corrected chi connectivity index (χ4v) is 3.81. The van der Waals surface area contributed by atoms with Crippen molar-refractivity contribution in [2.75, 3.05) is 26.5 Å². The third kappa shape index (κ3) is 5.30. The van der Waals surface area contributed by atoms with Crippen LogP contribution >= 0.6 is 11.8 Å². The van der Waals surface area contributed by atoms with Crippen LogP contribution in [-0.4, -0.2) is 45.2 Å². The molecule has 0 atom stereocenters. The summed E-state index contributed by atoms with van der Waals surface area (Å²) in [5.74, 6) is 0.408. The van der Waals surface area contributed by atoms with Crippen LogP contribution in [0.3, 0.4) is 0 Å². The lowest BCUT2D eigenvalue weighted by Gasteiger charge is -2.14. The summed E-state index contributed by atoms with van der Waals surface area (Å²) in [6.45, 7) is 0.480. The molecule has 0 aliphatic rings. The van der Waals surface area contributed by atoms with Gasteiger partial charge in [-0.1, -0.05) is 28.7 Å². The molecule has 0 fully saturated rings. The zero-order valence-corrected chi connectivity index (χ0v) is 15.6. The van der Waals surface area contributed by atoms with E-state index < -0.39 is 10.0 Å². The van der Waals surface area contributed by atoms with Gasteiger partial charge in [-0.2, -0.15) is 0 Å². The summed E-state index contributed by atoms with van der Waals surface area (Å²) in [6.07, 6.45) is 0. The third-order valence-corrected chi connectivity index (χ3v) is 6.08. The molecule has 0 aliphatic heterocycles. The molecule has 0 saturated carbocycles. The summed E-state index contributed by atoms with van der Waals surface area (Å²) in [6, 6.07) is 15.8. The van der Waals surface area contributed by atoms with Gasteiger partial charge in [0.1, 0.15) is 0 Å². The molecule has 1 N–H and O–H groups in total. The van der Waals surface area contributed by atoms with Crippen LogP contribution in [0.5, 0.6) is 0 Å². The maximum absolute atomic E-state index is 12.2. The summed E-state index contributed by atoms with van der Waals surface area (Å²) in [4.78, 5) is 18.1. The number of hydrogen-bond donors (Lipinski definition) is 1. The van der Waals surface area contributed by atoms with Crippen molar-refractivity contribution in [3.8, 4) is 0 Å². The average Bonchev–Trinajstić information content (AvgIpc) is 2.65. The summed E-state index contributed by atoms with van der Waals surface area (Å²) in [7, 11) is -1.22. The van der Waals surface area contributed by atoms with Gasteiger partial charge in [0.2, 0.25) is 0 Å². The maximum Gasteiger partial charge on any atom is 0.264 e. The van der Waals surface area contributed by atoms with E-state index in [0.29, 0.717) is 6.54 Å². The molecule has 0 aliphatic carbocycles. The Balaban J connectivity index is 1.95. The molecule has 8 heteroatoms. The Hall–Kier alpha value is -1.87. The number of benzene rings is 2. The van der Waals surface area contributed by atoms with Gasteiger partial charge in [0.15, 0.2) is 0 Å². The molecule has 25 heavy (non-hydrogen) atoms. The van der Waals surface area contributed by atoms with Gasteiger partial charge in [-0.05, 0) is 30.3 Å². The number of nitrogens with zero attached hydrogens (tertiary/aromatic N) is 1. The van der Waals surface area contributed by atoms with E-state index in [4.69, 9.17) is 4.84 Å². The number of nitrogens with one attached hydrogen (secondary N) is 1. The topological polar surface area (TPSA) is 75.7 Å². The Morgan fingerprint density at radius 2 is 1.88 bits per heavy atom. The van der Waals surface area contributed by atoms with E-state index in [1.807, 2.05) is 30.3 Å². The number of hydroxylamine groups is 1. The van der Waals surface area contributed by atoms with Gasteiger partial charge >= 0.3 is 0 Å². The van der Waals surface area contributed by atoms with Crippen LogP contribution in [0.2, 0.25) is 0 Å². The van der Waals surface area contributed by atoms with Crippen molar-refractivity contribution in [2.45, 2.75) is 9.79 Å². The lowest BCUT2D eigenvalue weighted by molar-refractivity contribution is -0.0258. The first kappa shape index (κ1) is 19.5. The monoisotopic (exact) mass is 380 g/mol. The van der Waals surface area contributed by atoms with Gasteiger partial charge in [0.05, 0.1) is 12.0 Å². The molecule has 2 aromatic rings.